The van der Waals surface area contributed by atoms with E-state index in [9.17, 15) is 19.8 Å². The summed E-state index contributed by atoms with van der Waals surface area (Å²) in [6.07, 6.45) is 5.34. The Hall–Kier alpha value is -2.80. The minimum atomic E-state index is -1.38. The van der Waals surface area contributed by atoms with Gasteiger partial charge in [0.2, 0.25) is 6.35 Å². The molecule has 2 amide bonds. The average molecular weight is 412 g/mol. The quantitative estimate of drug-likeness (QED) is 0.441. The molecule has 1 aromatic rings. The number of aliphatic hydroxyl groups excluding tert-OH is 1. The summed E-state index contributed by atoms with van der Waals surface area (Å²) in [6, 6.07) is 2.03. The van der Waals surface area contributed by atoms with Crippen LogP contribution in [0.1, 0.15) is 57.2 Å². The summed E-state index contributed by atoms with van der Waals surface area (Å²) in [5.41, 5.74) is 3.77. The van der Waals surface area contributed by atoms with Crippen molar-refractivity contribution in [3.63, 3.8) is 0 Å². The highest BCUT2D eigenvalue weighted by molar-refractivity contribution is 6.20. The number of rotatable bonds is 2. The molecule has 4 rings (SSSR count). The first-order valence-corrected chi connectivity index (χ1v) is 10.4. The van der Waals surface area contributed by atoms with Gasteiger partial charge in [-0.05, 0) is 41.4 Å². The average Bonchev–Trinajstić information content (AvgIpc) is 2.63. The molecule has 1 fully saturated rings. The Morgan fingerprint density at radius 1 is 1.07 bits per heavy atom. The van der Waals surface area contributed by atoms with Gasteiger partial charge in [-0.3, -0.25) is 9.59 Å². The van der Waals surface area contributed by atoms with E-state index in [1.807, 2.05) is 6.07 Å². The van der Waals surface area contributed by atoms with Crippen molar-refractivity contribution in [3.8, 4) is 5.75 Å². The summed E-state index contributed by atoms with van der Waals surface area (Å²) in [5, 5.41) is 25.0. The third kappa shape index (κ3) is 3.27. The first-order valence-electron chi connectivity index (χ1n) is 10.4. The van der Waals surface area contributed by atoms with Crippen LogP contribution in [0.2, 0.25) is 0 Å². The number of hydrogen-bond donors (Lipinski definition) is 4. The first-order chi connectivity index (χ1) is 14.0. The van der Waals surface area contributed by atoms with Gasteiger partial charge in [0.25, 0.3) is 11.8 Å². The molecular weight excluding hydrogens is 382 g/mol. The Bertz CT molecular complexity index is 969. The van der Waals surface area contributed by atoms with Gasteiger partial charge < -0.3 is 25.7 Å². The van der Waals surface area contributed by atoms with Gasteiger partial charge in [0.05, 0.1) is 0 Å². The van der Waals surface area contributed by atoms with Crippen LogP contribution < -0.4 is 15.5 Å². The maximum absolute atomic E-state index is 11.9. The van der Waals surface area contributed by atoms with Crippen molar-refractivity contribution in [3.05, 3.63) is 40.5 Å². The molecule has 1 aromatic carbocycles. The number of nitrogens with zero attached hydrogens (tertiary/aromatic N) is 1. The predicted molar refractivity (Wildman–Crippen MR) is 115 cm³/mol. The molecule has 7 heteroatoms. The zero-order valence-electron chi connectivity index (χ0n) is 17.9. The minimum absolute atomic E-state index is 0.0119. The smallest absolute Gasteiger partial charge is 0.260 e. The summed E-state index contributed by atoms with van der Waals surface area (Å²) < 4.78 is 0. The molecule has 0 aromatic heterocycles. The third-order valence-corrected chi connectivity index (χ3v) is 6.60. The minimum Gasteiger partial charge on any atom is -0.507 e. The molecule has 0 saturated carbocycles. The second-order valence-corrected chi connectivity index (χ2v) is 9.63. The first kappa shape index (κ1) is 20.5. The fourth-order valence-electron chi connectivity index (χ4n) is 4.66. The zero-order chi connectivity index (χ0) is 21.8. The lowest BCUT2D eigenvalue weighted by molar-refractivity contribution is -0.132. The van der Waals surface area contributed by atoms with E-state index in [0.717, 1.165) is 37.2 Å². The maximum atomic E-state index is 11.9. The molecule has 0 spiro atoms. The van der Waals surface area contributed by atoms with Gasteiger partial charge in [0.1, 0.15) is 11.3 Å². The van der Waals surface area contributed by atoms with Crippen molar-refractivity contribution in [2.75, 3.05) is 18.0 Å². The Labute approximate surface area is 176 Å². The van der Waals surface area contributed by atoms with Crippen LogP contribution in [-0.4, -0.2) is 41.5 Å². The summed E-state index contributed by atoms with van der Waals surface area (Å²) in [6.45, 7) is 10.8. The van der Waals surface area contributed by atoms with Gasteiger partial charge in [0.15, 0.2) is 0 Å². The highest BCUT2D eigenvalue weighted by Gasteiger charge is 2.42. The van der Waals surface area contributed by atoms with E-state index in [4.69, 9.17) is 0 Å². The topological polar surface area (TPSA) is 102 Å². The van der Waals surface area contributed by atoms with Crippen molar-refractivity contribution in [2.24, 2.45) is 0 Å². The SMILES string of the molecule is CC1(C)CCN2CCC(C)(C)c3c(O)c(/C=C/C=C4C(=O)NC(O)NC4=O)cc1c32. The number of nitrogens with one attached hydrogen (secondary N) is 2. The van der Waals surface area contributed by atoms with Gasteiger partial charge in [0, 0.05) is 29.9 Å². The molecule has 7 nitrogen and oxygen atoms in total. The molecule has 3 aliphatic rings. The van der Waals surface area contributed by atoms with Crippen molar-refractivity contribution in [1.29, 1.82) is 0 Å². The fourth-order valence-corrected chi connectivity index (χ4v) is 4.66. The molecule has 160 valence electrons. The molecule has 3 heterocycles. The number of carbonyl (C=O) groups is 2. The van der Waals surface area contributed by atoms with Crippen LogP contribution in [0.4, 0.5) is 5.69 Å². The maximum Gasteiger partial charge on any atom is 0.260 e. The normalized spacial score (nSPS) is 24.4. The van der Waals surface area contributed by atoms with Crippen molar-refractivity contribution in [1.82, 2.24) is 10.6 Å². The number of amides is 2. The van der Waals surface area contributed by atoms with Gasteiger partial charge >= 0.3 is 0 Å². The van der Waals surface area contributed by atoms with Crippen LogP contribution in [0.15, 0.2) is 23.8 Å². The summed E-state index contributed by atoms with van der Waals surface area (Å²) in [7, 11) is 0. The number of anilines is 1. The summed E-state index contributed by atoms with van der Waals surface area (Å²) in [4.78, 5) is 26.3. The monoisotopic (exact) mass is 411 g/mol. The second-order valence-electron chi connectivity index (χ2n) is 9.63. The fraction of sp³-hybridized carbons (Fsp3) is 0.478. The lowest BCUT2D eigenvalue weighted by Gasteiger charge is -2.48. The van der Waals surface area contributed by atoms with Crippen LogP contribution in [0.5, 0.6) is 5.75 Å². The van der Waals surface area contributed by atoms with E-state index in [-0.39, 0.29) is 22.2 Å². The predicted octanol–water partition coefficient (Wildman–Crippen LogP) is 2.02. The van der Waals surface area contributed by atoms with E-state index in [0.29, 0.717) is 5.56 Å². The van der Waals surface area contributed by atoms with Gasteiger partial charge in [-0.2, -0.15) is 0 Å². The standard InChI is InChI=1S/C23H29N3O4/c1-22(2)8-10-26-11-9-23(3,4)16-17(26)15(22)12-13(18(16)27)6-5-7-14-19(28)24-21(30)25-20(14)29/h5-7,12,21,27,30H,8-11H2,1-4H3,(H,24,28)(H,25,29)/b6-5+,14-7?. The molecule has 0 unspecified atom stereocenters. The van der Waals surface area contributed by atoms with E-state index in [2.05, 4.69) is 43.2 Å². The molecular formula is C23H29N3O4. The Morgan fingerprint density at radius 3 is 2.30 bits per heavy atom. The molecule has 0 bridgehead atoms. The number of hydrogen-bond acceptors (Lipinski definition) is 5. The lowest BCUT2D eigenvalue weighted by atomic mass is 9.68. The second kappa shape index (κ2) is 6.87. The van der Waals surface area contributed by atoms with E-state index in [1.54, 1.807) is 12.2 Å². The van der Waals surface area contributed by atoms with Crippen LogP contribution >= 0.6 is 0 Å². The third-order valence-electron chi connectivity index (χ3n) is 6.60. The summed E-state index contributed by atoms with van der Waals surface area (Å²) in [5.74, 6) is -1.03. The number of benzene rings is 1. The molecule has 3 aliphatic heterocycles. The largest absolute Gasteiger partial charge is 0.507 e. The Balaban J connectivity index is 1.79. The molecule has 0 aliphatic carbocycles. The van der Waals surface area contributed by atoms with Crippen LogP contribution in [0, 0.1) is 0 Å². The Morgan fingerprint density at radius 2 is 1.67 bits per heavy atom. The number of allylic oxidation sites excluding steroid dienone is 2. The van der Waals surface area contributed by atoms with Crippen molar-refractivity contribution < 1.29 is 19.8 Å². The number of aliphatic hydroxyl groups is 1. The molecule has 4 N–H and O–H groups in total. The van der Waals surface area contributed by atoms with Crippen molar-refractivity contribution in [2.45, 2.75) is 57.7 Å². The summed E-state index contributed by atoms with van der Waals surface area (Å²) >= 11 is 0. The van der Waals surface area contributed by atoms with Crippen LogP contribution in [0.3, 0.4) is 0 Å². The van der Waals surface area contributed by atoms with Crippen LogP contribution in [-0.2, 0) is 20.4 Å². The molecule has 0 radical (unpaired) electrons. The highest BCUT2D eigenvalue weighted by atomic mass is 16.3. The highest BCUT2D eigenvalue weighted by Crippen LogP contribution is 2.53. The number of phenols is 1. The van der Waals surface area contributed by atoms with E-state index in [1.165, 1.54) is 11.6 Å². The zero-order valence-corrected chi connectivity index (χ0v) is 17.9. The van der Waals surface area contributed by atoms with Crippen LogP contribution in [0.25, 0.3) is 6.08 Å². The van der Waals surface area contributed by atoms with Gasteiger partial charge in [-0.1, -0.05) is 39.8 Å². The number of phenolic OH excluding ortho intramolecular Hbond substituents is 1. The molecule has 0 atom stereocenters. The van der Waals surface area contributed by atoms with Crippen molar-refractivity contribution >= 4 is 23.6 Å². The Kier molecular flexibility index (Phi) is 4.69. The van der Waals surface area contributed by atoms with Gasteiger partial charge in [-0.25, -0.2) is 0 Å². The molecule has 1 saturated heterocycles. The van der Waals surface area contributed by atoms with Gasteiger partial charge in [-0.15, -0.1) is 0 Å². The number of carbonyl (C=O) groups excluding carboxylic acids is 2. The van der Waals surface area contributed by atoms with E-state index >= 15 is 0 Å². The molecule has 30 heavy (non-hydrogen) atoms. The van der Waals surface area contributed by atoms with E-state index < -0.39 is 18.2 Å². The lowest BCUT2D eigenvalue weighted by Crippen LogP contribution is -2.55. The number of aromatic hydroxyl groups is 1.